The van der Waals surface area contributed by atoms with Crippen LogP contribution in [0.2, 0.25) is 0 Å². The van der Waals surface area contributed by atoms with E-state index in [-0.39, 0.29) is 0 Å². The van der Waals surface area contributed by atoms with Gasteiger partial charge in [0.25, 0.3) is 0 Å². The van der Waals surface area contributed by atoms with E-state index in [4.69, 9.17) is 14.4 Å². The van der Waals surface area contributed by atoms with Crippen LogP contribution in [0.15, 0.2) is 77.5 Å². The number of pyridine rings is 2. The highest BCUT2D eigenvalue weighted by atomic mass is 16.3. The Bertz CT molecular complexity index is 2200. The molecule has 0 spiro atoms. The summed E-state index contributed by atoms with van der Waals surface area (Å²) in [4.78, 5) is 16.7. The molecule has 7 rings (SSSR count). The minimum atomic E-state index is -0.402. The van der Waals surface area contributed by atoms with Crippen molar-refractivity contribution in [3.05, 3.63) is 101 Å². The smallest absolute Gasteiger partial charge is 0.227 e. The van der Waals surface area contributed by atoms with E-state index in [0.29, 0.717) is 47.4 Å². The highest BCUT2D eigenvalue weighted by molar-refractivity contribution is 5.91. The Balaban J connectivity index is 1.18. The lowest BCUT2D eigenvalue weighted by molar-refractivity contribution is 0.191. The highest BCUT2D eigenvalue weighted by Gasteiger charge is 2.21. The van der Waals surface area contributed by atoms with Crippen LogP contribution in [0, 0.1) is 31.1 Å². The predicted octanol–water partition coefficient (Wildman–Crippen LogP) is 7.65. The average Bonchev–Trinajstić information content (AvgIpc) is 3.71. The second-order valence-electron chi connectivity index (χ2n) is 13.4. The van der Waals surface area contributed by atoms with Crippen LogP contribution >= 0.6 is 0 Å². The summed E-state index contributed by atoms with van der Waals surface area (Å²) < 4.78 is 6.31. The van der Waals surface area contributed by atoms with Gasteiger partial charge in [-0.2, -0.15) is 5.26 Å². The summed E-state index contributed by atoms with van der Waals surface area (Å²) in [6, 6.07) is 22.8. The van der Waals surface area contributed by atoms with Crippen molar-refractivity contribution in [3.63, 3.8) is 0 Å². The Morgan fingerprint density at radius 3 is 2.59 bits per heavy atom. The fourth-order valence-electron chi connectivity index (χ4n) is 6.88. The van der Waals surface area contributed by atoms with E-state index in [2.05, 4.69) is 77.7 Å². The number of aromatic nitrogens is 3. The van der Waals surface area contributed by atoms with Gasteiger partial charge < -0.3 is 20.2 Å². The minimum absolute atomic E-state index is 0.402. The molecule has 49 heavy (non-hydrogen) atoms. The number of likely N-dealkylation sites (tertiary alicyclic amines) is 1. The van der Waals surface area contributed by atoms with Crippen molar-refractivity contribution in [1.29, 1.82) is 5.26 Å². The van der Waals surface area contributed by atoms with Crippen LogP contribution in [0.3, 0.4) is 0 Å². The van der Waals surface area contributed by atoms with Crippen LogP contribution in [0.4, 0.5) is 11.5 Å². The molecule has 0 bridgehead atoms. The van der Waals surface area contributed by atoms with Gasteiger partial charge in [-0.05, 0) is 109 Å². The first-order chi connectivity index (χ1) is 23.8. The molecule has 0 saturated carbocycles. The second-order valence-corrected chi connectivity index (χ2v) is 13.4. The first-order valence-corrected chi connectivity index (χ1v) is 16.9. The molecule has 3 N–H and O–H groups in total. The number of benzene rings is 3. The molecule has 0 unspecified atom stereocenters. The van der Waals surface area contributed by atoms with Crippen LogP contribution in [0.5, 0.6) is 0 Å². The number of aliphatic hydroxyl groups is 1. The largest absolute Gasteiger partial charge is 0.435 e. The minimum Gasteiger partial charge on any atom is -0.435 e. The summed E-state index contributed by atoms with van der Waals surface area (Å²) in [5.41, 5.74) is 10.8. The van der Waals surface area contributed by atoms with Crippen LogP contribution in [0.25, 0.3) is 44.6 Å². The Morgan fingerprint density at radius 1 is 1.02 bits per heavy atom. The molecule has 1 fully saturated rings. The maximum atomic E-state index is 9.99. The molecule has 9 nitrogen and oxygen atoms in total. The molecule has 0 radical (unpaired) electrons. The SMILES string of the molecule is Cc1c(Nc2nccc3cc(CNC[C@H](C)O)cnc23)cccc1-c1cccc(-c2nc3cc(CN4CC[C@@H](C)C4)cc(C#N)c3o2)c1C. The zero-order chi connectivity index (χ0) is 34.1. The lowest BCUT2D eigenvalue weighted by Gasteiger charge is -2.16. The van der Waals surface area contributed by atoms with E-state index < -0.39 is 6.10 Å². The lowest BCUT2D eigenvalue weighted by atomic mass is 9.93. The zero-order valence-electron chi connectivity index (χ0n) is 28.4. The third kappa shape index (κ3) is 6.76. The van der Waals surface area contributed by atoms with Gasteiger partial charge in [-0.3, -0.25) is 9.88 Å². The van der Waals surface area contributed by atoms with Gasteiger partial charge in [0.15, 0.2) is 11.4 Å². The van der Waals surface area contributed by atoms with Crippen LogP contribution in [-0.4, -0.2) is 50.7 Å². The molecule has 3 aromatic heterocycles. The first-order valence-electron chi connectivity index (χ1n) is 16.9. The number of hydrogen-bond acceptors (Lipinski definition) is 9. The molecule has 9 heteroatoms. The topological polar surface area (TPSA) is 123 Å². The first kappa shape index (κ1) is 32.4. The van der Waals surface area contributed by atoms with Crippen molar-refractivity contribution in [2.45, 2.75) is 53.3 Å². The number of fused-ring (bicyclic) bond motifs is 2. The number of nitrogens with zero attached hydrogens (tertiary/aromatic N) is 5. The maximum absolute atomic E-state index is 9.99. The number of nitrogens with one attached hydrogen (secondary N) is 2. The van der Waals surface area contributed by atoms with Gasteiger partial charge >= 0.3 is 0 Å². The van der Waals surface area contributed by atoms with E-state index in [9.17, 15) is 10.4 Å². The Kier molecular flexibility index (Phi) is 9.11. The lowest BCUT2D eigenvalue weighted by Crippen LogP contribution is -2.23. The van der Waals surface area contributed by atoms with Gasteiger partial charge in [0.1, 0.15) is 17.1 Å². The highest BCUT2D eigenvalue weighted by Crippen LogP contribution is 2.38. The van der Waals surface area contributed by atoms with Crippen LogP contribution < -0.4 is 10.6 Å². The molecule has 1 aliphatic heterocycles. The molecule has 2 atom stereocenters. The molecule has 1 aliphatic rings. The van der Waals surface area contributed by atoms with E-state index in [1.807, 2.05) is 36.5 Å². The summed E-state index contributed by atoms with van der Waals surface area (Å²) in [7, 11) is 0. The molecule has 6 aromatic rings. The van der Waals surface area contributed by atoms with Crippen LogP contribution in [-0.2, 0) is 13.1 Å². The van der Waals surface area contributed by atoms with E-state index >= 15 is 0 Å². The molecular formula is C40H41N7O2. The maximum Gasteiger partial charge on any atom is 0.227 e. The predicted molar refractivity (Wildman–Crippen MR) is 194 cm³/mol. The van der Waals surface area contributed by atoms with E-state index in [0.717, 1.165) is 75.2 Å². The second kappa shape index (κ2) is 13.8. The third-order valence-corrected chi connectivity index (χ3v) is 9.45. The van der Waals surface area contributed by atoms with Crippen molar-refractivity contribution in [2.24, 2.45) is 5.92 Å². The molecule has 0 amide bonds. The summed E-state index contributed by atoms with van der Waals surface area (Å²) in [6.45, 7) is 12.4. The van der Waals surface area contributed by atoms with Gasteiger partial charge in [-0.1, -0.05) is 31.2 Å². The molecule has 3 aromatic carbocycles. The number of hydrogen-bond donors (Lipinski definition) is 3. The average molecular weight is 652 g/mol. The quantitative estimate of drug-likeness (QED) is 0.137. The fraction of sp³-hybridized carbons (Fsp3) is 0.300. The van der Waals surface area contributed by atoms with Gasteiger partial charge in [-0.25, -0.2) is 9.97 Å². The fourth-order valence-corrected chi connectivity index (χ4v) is 6.88. The zero-order valence-corrected chi connectivity index (χ0v) is 28.4. The van der Waals surface area contributed by atoms with Crippen LogP contribution in [0.1, 0.15) is 48.1 Å². The molecule has 0 aliphatic carbocycles. The molecule has 1 saturated heterocycles. The summed E-state index contributed by atoms with van der Waals surface area (Å²) in [5.74, 6) is 1.89. The van der Waals surface area contributed by atoms with Gasteiger partial charge in [-0.15, -0.1) is 0 Å². The van der Waals surface area contributed by atoms with Crippen molar-refractivity contribution in [1.82, 2.24) is 25.2 Å². The third-order valence-electron chi connectivity index (χ3n) is 9.45. The number of aliphatic hydroxyl groups excluding tert-OH is 1. The van der Waals surface area contributed by atoms with Crippen molar-refractivity contribution < 1.29 is 9.52 Å². The summed E-state index contributed by atoms with van der Waals surface area (Å²) in [5, 5.41) is 27.3. The number of anilines is 2. The van der Waals surface area contributed by atoms with E-state index in [1.54, 1.807) is 13.1 Å². The summed E-state index contributed by atoms with van der Waals surface area (Å²) >= 11 is 0. The van der Waals surface area contributed by atoms with Crippen molar-refractivity contribution >= 4 is 33.5 Å². The molecular weight excluding hydrogens is 610 g/mol. The van der Waals surface area contributed by atoms with Crippen molar-refractivity contribution in [2.75, 3.05) is 25.0 Å². The van der Waals surface area contributed by atoms with Gasteiger partial charge in [0.2, 0.25) is 5.89 Å². The number of oxazole rings is 1. The Morgan fingerprint density at radius 2 is 1.82 bits per heavy atom. The molecule has 248 valence electrons. The number of nitriles is 1. The Labute approximate surface area is 286 Å². The number of rotatable bonds is 10. The van der Waals surface area contributed by atoms with Gasteiger partial charge in [0, 0.05) is 55.2 Å². The monoisotopic (exact) mass is 651 g/mol. The summed E-state index contributed by atoms with van der Waals surface area (Å²) in [6.07, 6.45) is 4.45. The normalized spacial score (nSPS) is 15.6. The molecule has 4 heterocycles. The standard InChI is InChI=1S/C40H41N7O2/c1-24-12-14-47(22-24)23-28-15-31(18-41)38-36(17-28)46-40(49-38)34-9-5-7-32(26(34)3)33-8-6-10-35(27(33)4)45-39-37-30(11-13-43-39)16-29(21-44-37)20-42-19-25(2)48/h5-11,13,15-17,21,24-25,42,48H,12,14,19-20,22-23H2,1-4H3,(H,43,45)/t24-,25+/m1/s1. The Hall–Kier alpha value is -5.14. The van der Waals surface area contributed by atoms with E-state index in [1.165, 1.54) is 6.42 Å². The van der Waals surface area contributed by atoms with Crippen molar-refractivity contribution in [3.8, 4) is 28.7 Å². The van der Waals surface area contributed by atoms with Gasteiger partial charge in [0.05, 0.1) is 11.7 Å².